The average molecular weight is 656 g/mol. The highest BCUT2D eigenvalue weighted by Crippen LogP contribution is 2.33. The maximum Gasteiger partial charge on any atom is 0.343 e. The predicted molar refractivity (Wildman–Crippen MR) is 194 cm³/mol. The smallest absolute Gasteiger partial charge is 0.343 e. The van der Waals surface area contributed by atoms with Gasteiger partial charge in [-0.1, -0.05) is 60.7 Å². The summed E-state index contributed by atoms with van der Waals surface area (Å²) in [6, 6.07) is 34.5. The van der Waals surface area contributed by atoms with Crippen LogP contribution in [-0.4, -0.2) is 25.2 Å². The Morgan fingerprint density at radius 2 is 1.39 bits per heavy atom. The van der Waals surface area contributed by atoms with Crippen molar-refractivity contribution in [1.82, 2.24) is 0 Å². The fourth-order valence-electron chi connectivity index (χ4n) is 5.01. The van der Waals surface area contributed by atoms with E-state index >= 15 is 0 Å². The number of carbonyl (C=O) groups is 2. The molecule has 0 heterocycles. The van der Waals surface area contributed by atoms with Crippen LogP contribution in [0.15, 0.2) is 132 Å². The number of carbonyl (C=O) groups excluding carboxylic acids is 2. The van der Waals surface area contributed by atoms with Gasteiger partial charge in [0.2, 0.25) is 0 Å². The number of fused-ring (bicyclic) bond motifs is 1. The standard InChI is InChI=1S/C41H41N3O5/c1-29(2)40(45)48-27-9-5-4-8-26-47-34-22-16-32(17-23-34)41(46)49-35-20-14-31(15-21-35)28-42-38-24-25-39(37-11-7-6-10-36(37)38)44-43-33-18-12-30(3)13-19-33/h6-7,10-25,42H,1,4-5,8-9,26-28H2,2-3H3. The number of benzene rings is 5. The van der Waals surface area contributed by atoms with Crippen LogP contribution in [0.2, 0.25) is 0 Å². The summed E-state index contributed by atoms with van der Waals surface area (Å²) in [4.78, 5) is 24.1. The van der Waals surface area contributed by atoms with Crippen molar-refractivity contribution >= 4 is 39.8 Å². The highest BCUT2D eigenvalue weighted by atomic mass is 16.5. The summed E-state index contributed by atoms with van der Waals surface area (Å²) in [5, 5.41) is 14.5. The van der Waals surface area contributed by atoms with Crippen LogP contribution in [0, 0.1) is 6.92 Å². The van der Waals surface area contributed by atoms with Gasteiger partial charge in [-0.05, 0) is 106 Å². The molecule has 0 spiro atoms. The molecule has 8 heteroatoms. The minimum Gasteiger partial charge on any atom is -0.494 e. The van der Waals surface area contributed by atoms with E-state index in [1.807, 2.05) is 73.7 Å². The van der Waals surface area contributed by atoms with Gasteiger partial charge in [0.05, 0.1) is 30.2 Å². The summed E-state index contributed by atoms with van der Waals surface area (Å²) in [6.45, 7) is 8.82. The molecular weight excluding hydrogens is 614 g/mol. The minimum atomic E-state index is -0.434. The summed E-state index contributed by atoms with van der Waals surface area (Å²) in [7, 11) is 0. The Bertz CT molecular complexity index is 1900. The second-order valence-electron chi connectivity index (χ2n) is 11.8. The molecule has 1 N–H and O–H groups in total. The SMILES string of the molecule is C=C(C)C(=O)OCCCCCCOc1ccc(C(=O)Oc2ccc(CNc3ccc(N=Nc4ccc(C)cc4)c4ccccc34)cc2)cc1. The van der Waals surface area contributed by atoms with Gasteiger partial charge in [-0.15, -0.1) is 5.11 Å². The molecule has 0 saturated heterocycles. The Kier molecular flexibility index (Phi) is 12.3. The van der Waals surface area contributed by atoms with Gasteiger partial charge in [-0.25, -0.2) is 9.59 Å². The van der Waals surface area contributed by atoms with Crippen molar-refractivity contribution in [2.45, 2.75) is 46.1 Å². The molecule has 0 fully saturated rings. The van der Waals surface area contributed by atoms with Crippen LogP contribution in [0.5, 0.6) is 11.5 Å². The first kappa shape index (κ1) is 34.6. The van der Waals surface area contributed by atoms with Crippen molar-refractivity contribution in [3.63, 3.8) is 0 Å². The zero-order valence-electron chi connectivity index (χ0n) is 28.0. The molecule has 0 aliphatic heterocycles. The summed E-state index contributed by atoms with van der Waals surface area (Å²) in [5.41, 5.74) is 5.69. The lowest BCUT2D eigenvalue weighted by molar-refractivity contribution is -0.139. The molecular formula is C41H41N3O5. The minimum absolute atomic E-state index is 0.343. The van der Waals surface area contributed by atoms with Crippen LogP contribution in [0.25, 0.3) is 10.8 Å². The lowest BCUT2D eigenvalue weighted by Crippen LogP contribution is -2.08. The molecule has 5 aromatic rings. The van der Waals surface area contributed by atoms with E-state index in [1.165, 1.54) is 5.56 Å². The molecule has 0 unspecified atom stereocenters. The summed E-state index contributed by atoms with van der Waals surface area (Å²) in [5.74, 6) is 0.384. The normalized spacial score (nSPS) is 11.0. The van der Waals surface area contributed by atoms with Crippen molar-refractivity contribution in [2.75, 3.05) is 18.5 Å². The van der Waals surface area contributed by atoms with Crippen LogP contribution < -0.4 is 14.8 Å². The van der Waals surface area contributed by atoms with Gasteiger partial charge >= 0.3 is 11.9 Å². The van der Waals surface area contributed by atoms with Gasteiger partial charge in [0.25, 0.3) is 0 Å². The molecule has 0 atom stereocenters. The van der Waals surface area contributed by atoms with Crippen LogP contribution in [-0.2, 0) is 16.1 Å². The Balaban J connectivity index is 1.06. The van der Waals surface area contributed by atoms with Gasteiger partial charge in [0, 0.05) is 28.6 Å². The lowest BCUT2D eigenvalue weighted by atomic mass is 10.1. The van der Waals surface area contributed by atoms with E-state index in [0.29, 0.717) is 42.4 Å². The second kappa shape index (κ2) is 17.4. The van der Waals surface area contributed by atoms with Crippen molar-refractivity contribution in [3.05, 3.63) is 138 Å². The van der Waals surface area contributed by atoms with Gasteiger partial charge in [0.15, 0.2) is 0 Å². The first-order valence-electron chi connectivity index (χ1n) is 16.5. The fourth-order valence-corrected chi connectivity index (χ4v) is 5.01. The number of hydrogen-bond acceptors (Lipinski definition) is 8. The zero-order chi connectivity index (χ0) is 34.4. The van der Waals surface area contributed by atoms with Crippen molar-refractivity contribution in [3.8, 4) is 11.5 Å². The monoisotopic (exact) mass is 655 g/mol. The van der Waals surface area contributed by atoms with E-state index in [9.17, 15) is 9.59 Å². The van der Waals surface area contributed by atoms with E-state index in [2.05, 4.69) is 28.2 Å². The fraction of sp³-hybridized carbons (Fsp3) is 0.220. The van der Waals surface area contributed by atoms with Crippen molar-refractivity contribution in [2.24, 2.45) is 10.2 Å². The highest BCUT2D eigenvalue weighted by molar-refractivity contribution is 6.00. The molecule has 0 radical (unpaired) electrons. The third-order valence-corrected chi connectivity index (χ3v) is 7.80. The summed E-state index contributed by atoms with van der Waals surface area (Å²) >= 11 is 0. The van der Waals surface area contributed by atoms with E-state index in [0.717, 1.165) is 59.1 Å². The Morgan fingerprint density at radius 3 is 2.10 bits per heavy atom. The molecule has 49 heavy (non-hydrogen) atoms. The summed E-state index contributed by atoms with van der Waals surface area (Å²) in [6.07, 6.45) is 3.61. The number of aryl methyl sites for hydroxylation is 1. The first-order chi connectivity index (χ1) is 23.9. The Hall–Kier alpha value is -5.76. The number of azo groups is 1. The molecule has 8 nitrogen and oxygen atoms in total. The number of nitrogens with one attached hydrogen (secondary N) is 1. The molecule has 5 rings (SSSR count). The largest absolute Gasteiger partial charge is 0.494 e. The first-order valence-corrected chi connectivity index (χ1v) is 16.5. The average Bonchev–Trinajstić information content (AvgIpc) is 3.12. The van der Waals surface area contributed by atoms with Gasteiger partial charge in [-0.2, -0.15) is 5.11 Å². The van der Waals surface area contributed by atoms with Gasteiger partial charge in [-0.3, -0.25) is 0 Å². The van der Waals surface area contributed by atoms with Crippen LogP contribution in [0.4, 0.5) is 17.1 Å². The number of rotatable bonds is 16. The quantitative estimate of drug-likeness (QED) is 0.0373. The molecule has 0 aliphatic rings. The van der Waals surface area contributed by atoms with E-state index in [1.54, 1.807) is 43.3 Å². The van der Waals surface area contributed by atoms with E-state index < -0.39 is 5.97 Å². The number of unbranched alkanes of at least 4 members (excludes halogenated alkanes) is 3. The molecule has 0 amide bonds. The van der Waals surface area contributed by atoms with Gasteiger partial charge < -0.3 is 19.5 Å². The van der Waals surface area contributed by atoms with Crippen LogP contribution in [0.1, 0.15) is 54.1 Å². The topological polar surface area (TPSA) is 98.6 Å². The third-order valence-electron chi connectivity index (χ3n) is 7.80. The van der Waals surface area contributed by atoms with Crippen molar-refractivity contribution in [1.29, 1.82) is 0 Å². The third kappa shape index (κ3) is 10.4. The number of nitrogens with zero attached hydrogens (tertiary/aromatic N) is 2. The number of esters is 2. The predicted octanol–water partition coefficient (Wildman–Crippen LogP) is 10.5. The number of hydrogen-bond donors (Lipinski definition) is 1. The number of ether oxygens (including phenoxy) is 3. The Morgan fingerprint density at radius 1 is 0.714 bits per heavy atom. The molecule has 250 valence electrons. The molecule has 0 aliphatic carbocycles. The maximum absolute atomic E-state index is 12.8. The second-order valence-corrected chi connectivity index (χ2v) is 11.8. The summed E-state index contributed by atoms with van der Waals surface area (Å²) < 4.78 is 16.5. The van der Waals surface area contributed by atoms with Crippen LogP contribution in [0.3, 0.4) is 0 Å². The van der Waals surface area contributed by atoms with Crippen LogP contribution >= 0.6 is 0 Å². The Labute approximate surface area is 287 Å². The van der Waals surface area contributed by atoms with Crippen molar-refractivity contribution < 1.29 is 23.8 Å². The van der Waals surface area contributed by atoms with Gasteiger partial charge in [0.1, 0.15) is 11.5 Å². The molecule has 0 aromatic heterocycles. The molecule has 0 saturated carbocycles. The highest BCUT2D eigenvalue weighted by Gasteiger charge is 2.10. The number of anilines is 1. The lowest BCUT2D eigenvalue weighted by Gasteiger charge is -2.12. The molecule has 0 bridgehead atoms. The zero-order valence-corrected chi connectivity index (χ0v) is 28.0. The molecule has 5 aromatic carbocycles. The van der Waals surface area contributed by atoms with E-state index in [4.69, 9.17) is 14.2 Å². The van der Waals surface area contributed by atoms with E-state index in [-0.39, 0.29) is 5.97 Å². The maximum atomic E-state index is 12.8.